The first-order valence-electron chi connectivity index (χ1n) is 10.3. The fourth-order valence-corrected chi connectivity index (χ4v) is 3.95. The lowest BCUT2D eigenvalue weighted by molar-refractivity contribution is 0.0992. The van der Waals surface area contributed by atoms with Crippen LogP contribution in [0.5, 0.6) is 0 Å². The Labute approximate surface area is 174 Å². The number of oxazole rings is 1. The molecule has 1 aromatic carbocycles. The van der Waals surface area contributed by atoms with Crippen molar-refractivity contribution < 1.29 is 9.21 Å². The standard InChI is InChI=1S/C24H22N4O2/c29-22(17-6-7-26-24(12-17)28-8-2-1-3-9-28)13-21-11-20-10-18(23-15-25-16-30-23)4-5-19(20)14-27-21/h4-7,10-12,14-16H,1-3,8-9,13H2. The molecule has 1 aliphatic rings. The lowest BCUT2D eigenvalue weighted by Crippen LogP contribution is -2.30. The number of ketones is 1. The van der Waals surface area contributed by atoms with Gasteiger partial charge in [-0.05, 0) is 48.9 Å². The molecule has 3 aromatic heterocycles. The third-order valence-electron chi connectivity index (χ3n) is 5.58. The molecule has 150 valence electrons. The van der Waals surface area contributed by atoms with Crippen LogP contribution in [-0.4, -0.2) is 33.8 Å². The van der Waals surface area contributed by atoms with E-state index in [1.165, 1.54) is 25.7 Å². The average Bonchev–Trinajstić information content (AvgIpc) is 3.34. The van der Waals surface area contributed by atoms with Crippen LogP contribution in [0.4, 0.5) is 5.82 Å². The van der Waals surface area contributed by atoms with Crippen molar-refractivity contribution in [2.24, 2.45) is 0 Å². The second-order valence-electron chi connectivity index (χ2n) is 7.65. The van der Waals surface area contributed by atoms with Gasteiger partial charge >= 0.3 is 0 Å². The molecule has 0 amide bonds. The average molecular weight is 398 g/mol. The van der Waals surface area contributed by atoms with Gasteiger partial charge < -0.3 is 9.32 Å². The van der Waals surface area contributed by atoms with Crippen LogP contribution in [-0.2, 0) is 6.42 Å². The van der Waals surface area contributed by atoms with Crippen molar-refractivity contribution in [1.29, 1.82) is 0 Å². The normalized spacial score (nSPS) is 14.2. The van der Waals surface area contributed by atoms with Crippen molar-refractivity contribution in [3.63, 3.8) is 0 Å². The number of benzene rings is 1. The Hall–Kier alpha value is -3.54. The first-order valence-corrected chi connectivity index (χ1v) is 10.3. The molecule has 6 nitrogen and oxygen atoms in total. The summed E-state index contributed by atoms with van der Waals surface area (Å²) in [6.07, 6.45) is 10.5. The van der Waals surface area contributed by atoms with Gasteiger partial charge in [0.25, 0.3) is 0 Å². The van der Waals surface area contributed by atoms with Crippen LogP contribution in [0.3, 0.4) is 0 Å². The highest BCUT2D eigenvalue weighted by Crippen LogP contribution is 2.25. The van der Waals surface area contributed by atoms with Crippen LogP contribution in [0.25, 0.3) is 22.1 Å². The van der Waals surface area contributed by atoms with Gasteiger partial charge in [-0.15, -0.1) is 0 Å². The maximum absolute atomic E-state index is 12.9. The largest absolute Gasteiger partial charge is 0.444 e. The molecule has 1 fully saturated rings. The zero-order valence-corrected chi connectivity index (χ0v) is 16.6. The molecule has 1 aliphatic heterocycles. The quantitative estimate of drug-likeness (QED) is 0.454. The molecule has 0 saturated carbocycles. The van der Waals surface area contributed by atoms with Crippen molar-refractivity contribution in [2.75, 3.05) is 18.0 Å². The molecule has 0 aliphatic carbocycles. The van der Waals surface area contributed by atoms with Crippen molar-refractivity contribution in [1.82, 2.24) is 15.0 Å². The lowest BCUT2D eigenvalue weighted by Gasteiger charge is -2.27. The van der Waals surface area contributed by atoms with Crippen LogP contribution in [0.1, 0.15) is 35.3 Å². The maximum Gasteiger partial charge on any atom is 0.181 e. The van der Waals surface area contributed by atoms with E-state index in [4.69, 9.17) is 4.42 Å². The van der Waals surface area contributed by atoms with E-state index >= 15 is 0 Å². The smallest absolute Gasteiger partial charge is 0.181 e. The third kappa shape index (κ3) is 3.81. The molecule has 4 heterocycles. The molecule has 4 aromatic rings. The lowest BCUT2D eigenvalue weighted by atomic mass is 10.0. The van der Waals surface area contributed by atoms with E-state index in [1.54, 1.807) is 18.5 Å². The Morgan fingerprint density at radius 2 is 1.87 bits per heavy atom. The number of aromatic nitrogens is 3. The Kier molecular flexibility index (Phi) is 4.97. The molecule has 0 unspecified atom stereocenters. The second kappa shape index (κ2) is 8.06. The summed E-state index contributed by atoms with van der Waals surface area (Å²) in [5.41, 5.74) is 2.38. The molecule has 0 bridgehead atoms. The van der Waals surface area contributed by atoms with E-state index in [0.29, 0.717) is 11.3 Å². The van der Waals surface area contributed by atoms with Crippen LogP contribution in [0.15, 0.2) is 65.8 Å². The number of fused-ring (bicyclic) bond motifs is 1. The molecular formula is C24H22N4O2. The van der Waals surface area contributed by atoms with E-state index in [2.05, 4.69) is 19.9 Å². The van der Waals surface area contributed by atoms with Gasteiger partial charge in [0.05, 0.1) is 12.6 Å². The van der Waals surface area contributed by atoms with E-state index in [9.17, 15) is 4.79 Å². The van der Waals surface area contributed by atoms with Crippen LogP contribution in [0, 0.1) is 0 Å². The highest BCUT2D eigenvalue weighted by molar-refractivity contribution is 5.98. The fraction of sp³-hybridized carbons (Fsp3) is 0.250. The SMILES string of the molecule is O=C(Cc1cc2cc(-c3cnco3)ccc2cn1)c1ccnc(N2CCCCC2)c1. The predicted molar refractivity (Wildman–Crippen MR) is 116 cm³/mol. The van der Waals surface area contributed by atoms with Gasteiger partial charge in [-0.2, -0.15) is 0 Å². The van der Waals surface area contributed by atoms with Crippen LogP contribution in [0.2, 0.25) is 0 Å². The summed E-state index contributed by atoms with van der Waals surface area (Å²) in [6.45, 7) is 2.01. The molecule has 0 atom stereocenters. The summed E-state index contributed by atoms with van der Waals surface area (Å²) in [6, 6.07) is 11.7. The van der Waals surface area contributed by atoms with Crippen molar-refractivity contribution in [2.45, 2.75) is 25.7 Å². The minimum absolute atomic E-state index is 0.0499. The molecule has 0 radical (unpaired) electrons. The van der Waals surface area contributed by atoms with Crippen molar-refractivity contribution >= 4 is 22.4 Å². The van der Waals surface area contributed by atoms with Crippen LogP contribution < -0.4 is 4.90 Å². The summed E-state index contributed by atoms with van der Waals surface area (Å²) >= 11 is 0. The van der Waals surface area contributed by atoms with Gasteiger partial charge in [0.2, 0.25) is 0 Å². The minimum atomic E-state index is 0.0499. The number of hydrogen-bond acceptors (Lipinski definition) is 6. The highest BCUT2D eigenvalue weighted by atomic mass is 16.3. The molecule has 6 heteroatoms. The predicted octanol–water partition coefficient (Wildman–Crippen LogP) is 4.70. The number of hydrogen-bond donors (Lipinski definition) is 0. The number of carbonyl (C=O) groups is 1. The topological polar surface area (TPSA) is 72.1 Å². The van der Waals surface area contributed by atoms with E-state index < -0.39 is 0 Å². The number of carbonyl (C=O) groups excluding carboxylic acids is 1. The third-order valence-corrected chi connectivity index (χ3v) is 5.58. The van der Waals surface area contributed by atoms with E-state index in [1.807, 2.05) is 36.5 Å². The van der Waals surface area contributed by atoms with Gasteiger partial charge in [-0.25, -0.2) is 9.97 Å². The first-order chi connectivity index (χ1) is 14.8. The van der Waals surface area contributed by atoms with Gasteiger partial charge in [-0.1, -0.05) is 12.1 Å². The van der Waals surface area contributed by atoms with Crippen molar-refractivity contribution in [3.05, 3.63) is 72.6 Å². The zero-order chi connectivity index (χ0) is 20.3. The molecule has 1 saturated heterocycles. The molecule has 5 rings (SSSR count). The number of nitrogens with zero attached hydrogens (tertiary/aromatic N) is 4. The second-order valence-corrected chi connectivity index (χ2v) is 7.65. The Balaban J connectivity index is 1.37. The number of piperidine rings is 1. The highest BCUT2D eigenvalue weighted by Gasteiger charge is 2.15. The molecular weight excluding hydrogens is 376 g/mol. The maximum atomic E-state index is 12.9. The summed E-state index contributed by atoms with van der Waals surface area (Å²) in [5.74, 6) is 1.66. The number of Topliss-reactive ketones (excluding diaryl/α,β-unsaturated/α-hetero) is 1. The monoisotopic (exact) mass is 398 g/mol. The summed E-state index contributed by atoms with van der Waals surface area (Å²) in [4.78, 5) is 28.1. The Morgan fingerprint density at radius 1 is 0.967 bits per heavy atom. The van der Waals surface area contributed by atoms with Gasteiger partial charge in [0, 0.05) is 47.7 Å². The number of pyridine rings is 2. The minimum Gasteiger partial charge on any atom is -0.444 e. The summed E-state index contributed by atoms with van der Waals surface area (Å²) in [5, 5.41) is 2.04. The summed E-state index contributed by atoms with van der Waals surface area (Å²) in [7, 11) is 0. The Morgan fingerprint density at radius 3 is 2.70 bits per heavy atom. The summed E-state index contributed by atoms with van der Waals surface area (Å²) < 4.78 is 5.39. The van der Waals surface area contributed by atoms with Gasteiger partial charge in [0.15, 0.2) is 17.9 Å². The van der Waals surface area contributed by atoms with Gasteiger partial charge in [0.1, 0.15) is 5.82 Å². The molecule has 30 heavy (non-hydrogen) atoms. The van der Waals surface area contributed by atoms with E-state index in [-0.39, 0.29) is 12.2 Å². The number of rotatable bonds is 5. The van der Waals surface area contributed by atoms with Crippen molar-refractivity contribution in [3.8, 4) is 11.3 Å². The van der Waals surface area contributed by atoms with Gasteiger partial charge in [-0.3, -0.25) is 9.78 Å². The van der Waals surface area contributed by atoms with E-state index in [0.717, 1.165) is 40.9 Å². The first kappa shape index (κ1) is 18.5. The number of anilines is 1. The Bertz CT molecular complexity index is 1180. The fourth-order valence-electron chi connectivity index (χ4n) is 3.95. The zero-order valence-electron chi connectivity index (χ0n) is 16.6. The van der Waals surface area contributed by atoms with Crippen LogP contribution >= 0.6 is 0 Å². The molecule has 0 spiro atoms. The molecule has 0 N–H and O–H groups in total.